The van der Waals surface area contributed by atoms with Crippen molar-refractivity contribution >= 4 is 11.9 Å². The maximum Gasteiger partial charge on any atom is 0.326 e. The average Bonchev–Trinajstić information content (AvgIpc) is 2.40. The summed E-state index contributed by atoms with van der Waals surface area (Å²) in [7, 11) is 0. The Morgan fingerprint density at radius 1 is 1.35 bits per heavy atom. The first-order chi connectivity index (χ1) is 9.45. The number of nitrogens with one attached hydrogen (secondary N) is 1. The van der Waals surface area contributed by atoms with Crippen LogP contribution < -0.4 is 10.1 Å². The molecule has 0 aliphatic heterocycles. The topological polar surface area (TPSA) is 75.6 Å². The van der Waals surface area contributed by atoms with E-state index in [0.29, 0.717) is 6.42 Å². The highest BCUT2D eigenvalue weighted by atomic mass is 16.5. The average molecular weight is 279 g/mol. The van der Waals surface area contributed by atoms with E-state index in [4.69, 9.17) is 9.84 Å². The summed E-state index contributed by atoms with van der Waals surface area (Å²) in [6.45, 7) is 5.90. The van der Waals surface area contributed by atoms with E-state index in [9.17, 15) is 9.59 Å². The first-order valence-electron chi connectivity index (χ1n) is 6.66. The van der Waals surface area contributed by atoms with Crippen LogP contribution in [0, 0.1) is 13.8 Å². The Labute approximate surface area is 118 Å². The monoisotopic (exact) mass is 279 g/mol. The van der Waals surface area contributed by atoms with Gasteiger partial charge in [-0.05, 0) is 37.5 Å². The summed E-state index contributed by atoms with van der Waals surface area (Å²) in [5, 5.41) is 11.3. The zero-order valence-electron chi connectivity index (χ0n) is 12.1. The maximum absolute atomic E-state index is 11.6. The number of carboxylic acids is 1. The Hall–Kier alpha value is -2.04. The number of hydrogen-bond donors (Lipinski definition) is 2. The SMILES string of the molecule is CC[C@@H](NC(=O)CCOc1cccc(C)c1C)C(=O)O. The van der Waals surface area contributed by atoms with Crippen LogP contribution in [0.5, 0.6) is 5.75 Å². The van der Waals surface area contributed by atoms with Crippen molar-refractivity contribution in [1.82, 2.24) is 5.32 Å². The van der Waals surface area contributed by atoms with Gasteiger partial charge in [-0.15, -0.1) is 0 Å². The summed E-state index contributed by atoms with van der Waals surface area (Å²) in [5.41, 5.74) is 2.17. The van der Waals surface area contributed by atoms with Crippen molar-refractivity contribution < 1.29 is 19.4 Å². The zero-order valence-corrected chi connectivity index (χ0v) is 12.1. The molecule has 1 amide bonds. The van der Waals surface area contributed by atoms with Crippen molar-refractivity contribution in [3.05, 3.63) is 29.3 Å². The minimum Gasteiger partial charge on any atom is -0.493 e. The van der Waals surface area contributed by atoms with Crippen molar-refractivity contribution in [3.8, 4) is 5.75 Å². The molecule has 0 spiro atoms. The summed E-state index contributed by atoms with van der Waals surface area (Å²) < 4.78 is 5.56. The molecule has 20 heavy (non-hydrogen) atoms. The second-order valence-corrected chi connectivity index (χ2v) is 4.66. The van der Waals surface area contributed by atoms with E-state index in [2.05, 4.69) is 5.32 Å². The summed E-state index contributed by atoms with van der Waals surface area (Å²) in [6, 6.07) is 4.91. The number of hydrogen-bond acceptors (Lipinski definition) is 3. The van der Waals surface area contributed by atoms with Gasteiger partial charge in [-0.2, -0.15) is 0 Å². The molecule has 1 aromatic rings. The van der Waals surface area contributed by atoms with Crippen LogP contribution in [0.25, 0.3) is 0 Å². The Kier molecular flexibility index (Phi) is 6.03. The number of rotatable bonds is 7. The lowest BCUT2D eigenvalue weighted by Crippen LogP contribution is -2.40. The molecule has 5 heteroatoms. The number of amides is 1. The van der Waals surface area contributed by atoms with Crippen molar-refractivity contribution in [2.45, 2.75) is 39.7 Å². The van der Waals surface area contributed by atoms with Gasteiger partial charge in [0.2, 0.25) is 5.91 Å². The maximum atomic E-state index is 11.6. The van der Waals surface area contributed by atoms with Gasteiger partial charge in [0.05, 0.1) is 13.0 Å². The molecule has 1 rings (SSSR count). The molecule has 0 aliphatic carbocycles. The normalized spacial score (nSPS) is 11.8. The molecule has 0 aromatic heterocycles. The van der Waals surface area contributed by atoms with E-state index in [1.54, 1.807) is 6.92 Å². The second kappa shape index (κ2) is 7.53. The number of aliphatic carboxylic acids is 1. The first kappa shape index (κ1) is 16.0. The molecule has 0 bridgehead atoms. The molecule has 110 valence electrons. The largest absolute Gasteiger partial charge is 0.493 e. The fourth-order valence-corrected chi connectivity index (χ4v) is 1.74. The van der Waals surface area contributed by atoms with Gasteiger partial charge in [-0.1, -0.05) is 19.1 Å². The third-order valence-corrected chi connectivity index (χ3v) is 3.18. The highest BCUT2D eigenvalue weighted by Crippen LogP contribution is 2.20. The summed E-state index contributed by atoms with van der Waals surface area (Å²) in [5.74, 6) is -0.580. The molecule has 1 aromatic carbocycles. The third-order valence-electron chi connectivity index (χ3n) is 3.18. The van der Waals surface area contributed by atoms with E-state index in [1.165, 1.54) is 0 Å². The third kappa shape index (κ3) is 4.57. The first-order valence-corrected chi connectivity index (χ1v) is 6.66. The Morgan fingerprint density at radius 2 is 2.05 bits per heavy atom. The Bertz CT molecular complexity index is 485. The molecule has 0 heterocycles. The highest BCUT2D eigenvalue weighted by molar-refractivity contribution is 5.83. The zero-order chi connectivity index (χ0) is 15.1. The van der Waals surface area contributed by atoms with Gasteiger partial charge in [0.25, 0.3) is 0 Å². The van der Waals surface area contributed by atoms with Crippen molar-refractivity contribution in [1.29, 1.82) is 0 Å². The van der Waals surface area contributed by atoms with Crippen molar-refractivity contribution in [3.63, 3.8) is 0 Å². The van der Waals surface area contributed by atoms with E-state index >= 15 is 0 Å². The van der Waals surface area contributed by atoms with Crippen LogP contribution in [0.15, 0.2) is 18.2 Å². The van der Waals surface area contributed by atoms with Gasteiger partial charge in [-0.25, -0.2) is 4.79 Å². The summed E-state index contributed by atoms with van der Waals surface area (Å²) in [4.78, 5) is 22.4. The highest BCUT2D eigenvalue weighted by Gasteiger charge is 2.17. The molecule has 2 N–H and O–H groups in total. The van der Waals surface area contributed by atoms with E-state index in [0.717, 1.165) is 16.9 Å². The van der Waals surface area contributed by atoms with Crippen LogP contribution in [-0.2, 0) is 9.59 Å². The minimum absolute atomic E-state index is 0.136. The van der Waals surface area contributed by atoms with E-state index < -0.39 is 12.0 Å². The number of carbonyl (C=O) groups excluding carboxylic acids is 1. The predicted octanol–water partition coefficient (Wildman–Crippen LogP) is 2.05. The summed E-state index contributed by atoms with van der Waals surface area (Å²) >= 11 is 0. The molecule has 0 unspecified atom stereocenters. The molecular formula is C15H21NO4. The number of benzene rings is 1. The molecule has 0 aliphatic rings. The van der Waals surface area contributed by atoms with Gasteiger partial charge in [0.15, 0.2) is 0 Å². The van der Waals surface area contributed by atoms with Gasteiger partial charge < -0.3 is 15.2 Å². The number of carbonyl (C=O) groups is 2. The van der Waals surface area contributed by atoms with Gasteiger partial charge in [0, 0.05) is 0 Å². The lowest BCUT2D eigenvalue weighted by molar-refractivity contribution is -0.142. The molecule has 0 saturated heterocycles. The second-order valence-electron chi connectivity index (χ2n) is 4.66. The Balaban J connectivity index is 2.42. The predicted molar refractivity (Wildman–Crippen MR) is 75.9 cm³/mol. The lowest BCUT2D eigenvalue weighted by atomic mass is 10.1. The van der Waals surface area contributed by atoms with Crippen LogP contribution in [-0.4, -0.2) is 29.6 Å². The van der Waals surface area contributed by atoms with Crippen molar-refractivity contribution in [2.75, 3.05) is 6.61 Å². The van der Waals surface area contributed by atoms with E-state index in [1.807, 2.05) is 32.0 Å². The molecule has 0 radical (unpaired) electrons. The number of carboxylic acid groups (broad SMARTS) is 1. The summed E-state index contributed by atoms with van der Waals surface area (Å²) in [6.07, 6.45) is 0.496. The molecule has 0 fully saturated rings. The standard InChI is InChI=1S/C15H21NO4/c1-4-12(15(18)19)16-14(17)8-9-20-13-7-5-6-10(2)11(13)3/h5-7,12H,4,8-9H2,1-3H3,(H,16,17)(H,18,19)/t12-/m1/s1. The van der Waals surface area contributed by atoms with Crippen LogP contribution in [0.4, 0.5) is 0 Å². The van der Waals surface area contributed by atoms with Gasteiger partial charge in [-0.3, -0.25) is 4.79 Å². The molecule has 5 nitrogen and oxygen atoms in total. The quantitative estimate of drug-likeness (QED) is 0.801. The molecular weight excluding hydrogens is 258 g/mol. The van der Waals surface area contributed by atoms with Crippen molar-refractivity contribution in [2.24, 2.45) is 0 Å². The smallest absolute Gasteiger partial charge is 0.326 e. The fraction of sp³-hybridized carbons (Fsp3) is 0.467. The van der Waals surface area contributed by atoms with Crippen LogP contribution in [0.2, 0.25) is 0 Å². The number of aryl methyl sites for hydroxylation is 1. The van der Waals surface area contributed by atoms with Crippen LogP contribution in [0.1, 0.15) is 30.9 Å². The fourth-order valence-electron chi connectivity index (χ4n) is 1.74. The Morgan fingerprint density at radius 3 is 2.65 bits per heavy atom. The van der Waals surface area contributed by atoms with Gasteiger partial charge in [0.1, 0.15) is 11.8 Å². The number of ether oxygens (including phenoxy) is 1. The van der Waals surface area contributed by atoms with Gasteiger partial charge >= 0.3 is 5.97 Å². The molecule has 0 saturated carbocycles. The minimum atomic E-state index is -1.02. The van der Waals surface area contributed by atoms with Crippen LogP contribution >= 0.6 is 0 Å². The lowest BCUT2D eigenvalue weighted by Gasteiger charge is -2.13. The molecule has 1 atom stereocenters. The van der Waals surface area contributed by atoms with Crippen LogP contribution in [0.3, 0.4) is 0 Å². The van der Waals surface area contributed by atoms with E-state index in [-0.39, 0.29) is 18.9 Å².